The summed E-state index contributed by atoms with van der Waals surface area (Å²) in [6, 6.07) is 0. The summed E-state index contributed by atoms with van der Waals surface area (Å²) in [6.07, 6.45) is 0.928. The van der Waals surface area contributed by atoms with Crippen LogP contribution in [-0.4, -0.2) is 31.7 Å². The van der Waals surface area contributed by atoms with Crippen LogP contribution < -0.4 is 10.9 Å². The van der Waals surface area contributed by atoms with Gasteiger partial charge in [0.1, 0.15) is 0 Å². The third-order valence-corrected chi connectivity index (χ3v) is 3.30. The fourth-order valence-corrected chi connectivity index (χ4v) is 2.11. The van der Waals surface area contributed by atoms with Gasteiger partial charge in [0, 0.05) is 19.0 Å². The Balaban J connectivity index is 2.53. The molecule has 0 atom stereocenters. The first-order valence-corrected chi connectivity index (χ1v) is 5.49. The van der Waals surface area contributed by atoms with Gasteiger partial charge in [0.05, 0.1) is 0 Å². The number of amides is 1. The van der Waals surface area contributed by atoms with Crippen LogP contribution in [-0.2, 0) is 15.0 Å². The van der Waals surface area contributed by atoms with Crippen LogP contribution in [0.4, 0.5) is 0 Å². The molecule has 1 rings (SSSR count). The molecular formula is C6H13N3O3S. The molecule has 1 saturated heterocycles. The second-order valence-corrected chi connectivity index (χ2v) is 4.67. The summed E-state index contributed by atoms with van der Waals surface area (Å²) < 4.78 is 22.9. The van der Waals surface area contributed by atoms with Crippen LogP contribution in [0.25, 0.3) is 0 Å². The molecule has 4 N–H and O–H groups in total. The van der Waals surface area contributed by atoms with Gasteiger partial charge in [-0.25, -0.2) is 5.14 Å². The van der Waals surface area contributed by atoms with Crippen molar-refractivity contribution >= 4 is 16.1 Å². The summed E-state index contributed by atoms with van der Waals surface area (Å²) in [4.78, 5) is 10.7. The van der Waals surface area contributed by atoms with E-state index in [1.807, 2.05) is 0 Å². The lowest BCUT2D eigenvalue weighted by Crippen LogP contribution is -2.44. The highest BCUT2D eigenvalue weighted by atomic mass is 32.2. The second kappa shape index (κ2) is 3.60. The number of hydrogen-bond donors (Lipinski definition) is 2. The summed E-state index contributed by atoms with van der Waals surface area (Å²) in [5.41, 5.74) is 5.08. The van der Waals surface area contributed by atoms with Crippen LogP contribution >= 0.6 is 0 Å². The average Bonchev–Trinajstić information content (AvgIpc) is 2.03. The highest BCUT2D eigenvalue weighted by Crippen LogP contribution is 2.17. The van der Waals surface area contributed by atoms with E-state index in [1.54, 1.807) is 0 Å². The molecule has 1 fully saturated rings. The number of carbonyl (C=O) groups excluding carboxylic acids is 1. The standard InChI is InChI=1S/C6H13N3O3S/c7-6(10)5-1-3-9(4-2-5)13(8,11)12/h5H,1-4H2,(H2,7,10)(H2,8,11,12). The summed E-state index contributed by atoms with van der Waals surface area (Å²) in [6.45, 7) is 0.568. The minimum Gasteiger partial charge on any atom is -0.369 e. The van der Waals surface area contributed by atoms with Crippen molar-refractivity contribution in [1.29, 1.82) is 0 Å². The van der Waals surface area contributed by atoms with Gasteiger partial charge in [-0.3, -0.25) is 4.79 Å². The lowest BCUT2D eigenvalue weighted by molar-refractivity contribution is -0.122. The Morgan fingerprint density at radius 3 is 2.08 bits per heavy atom. The van der Waals surface area contributed by atoms with E-state index in [1.165, 1.54) is 0 Å². The van der Waals surface area contributed by atoms with E-state index in [-0.39, 0.29) is 24.9 Å². The van der Waals surface area contributed by atoms with Gasteiger partial charge in [-0.1, -0.05) is 0 Å². The summed E-state index contributed by atoms with van der Waals surface area (Å²) in [5, 5.41) is 4.91. The van der Waals surface area contributed by atoms with Crippen LogP contribution in [0.3, 0.4) is 0 Å². The van der Waals surface area contributed by atoms with Gasteiger partial charge in [-0.2, -0.15) is 12.7 Å². The molecule has 76 valence electrons. The van der Waals surface area contributed by atoms with Crippen LogP contribution in [0.1, 0.15) is 12.8 Å². The molecule has 1 aliphatic heterocycles. The summed E-state index contributed by atoms with van der Waals surface area (Å²) >= 11 is 0. The predicted molar refractivity (Wildman–Crippen MR) is 46.6 cm³/mol. The molecule has 1 aliphatic rings. The second-order valence-electron chi connectivity index (χ2n) is 3.12. The fraction of sp³-hybridized carbons (Fsp3) is 0.833. The van der Waals surface area contributed by atoms with Crippen LogP contribution in [0, 0.1) is 5.92 Å². The molecule has 0 spiro atoms. The van der Waals surface area contributed by atoms with E-state index in [2.05, 4.69) is 0 Å². The maximum absolute atomic E-state index is 10.9. The minimum atomic E-state index is -3.59. The van der Waals surface area contributed by atoms with E-state index in [4.69, 9.17) is 10.9 Å². The summed E-state index contributed by atoms with van der Waals surface area (Å²) in [7, 11) is -3.59. The van der Waals surface area contributed by atoms with E-state index < -0.39 is 10.2 Å². The molecule has 0 aromatic heterocycles. The van der Waals surface area contributed by atoms with E-state index >= 15 is 0 Å². The van der Waals surface area contributed by atoms with Crippen molar-refractivity contribution in [2.75, 3.05) is 13.1 Å². The molecule has 0 unspecified atom stereocenters. The third-order valence-electron chi connectivity index (χ3n) is 2.22. The zero-order valence-corrected chi connectivity index (χ0v) is 7.96. The molecule has 1 heterocycles. The number of primary amides is 1. The Labute approximate surface area is 77.1 Å². The Kier molecular flexibility index (Phi) is 2.89. The smallest absolute Gasteiger partial charge is 0.276 e. The molecule has 1 amide bonds. The highest BCUT2D eigenvalue weighted by Gasteiger charge is 2.27. The van der Waals surface area contributed by atoms with Crippen molar-refractivity contribution < 1.29 is 13.2 Å². The molecule has 0 radical (unpaired) electrons. The Bertz CT molecular complexity index is 292. The van der Waals surface area contributed by atoms with E-state index in [0.717, 1.165) is 4.31 Å². The number of nitrogens with two attached hydrogens (primary N) is 2. The maximum Gasteiger partial charge on any atom is 0.276 e. The maximum atomic E-state index is 10.9. The predicted octanol–water partition coefficient (Wildman–Crippen LogP) is -1.61. The molecule has 0 aliphatic carbocycles. The van der Waals surface area contributed by atoms with Gasteiger partial charge < -0.3 is 5.73 Å². The van der Waals surface area contributed by atoms with Crippen LogP contribution in [0.2, 0.25) is 0 Å². The Morgan fingerprint density at radius 1 is 1.31 bits per heavy atom. The van der Waals surface area contributed by atoms with Crippen LogP contribution in [0.15, 0.2) is 0 Å². The van der Waals surface area contributed by atoms with Gasteiger partial charge in [0.25, 0.3) is 10.2 Å². The molecule has 6 nitrogen and oxygen atoms in total. The van der Waals surface area contributed by atoms with Crippen molar-refractivity contribution in [1.82, 2.24) is 4.31 Å². The number of rotatable bonds is 2. The number of piperidine rings is 1. The topological polar surface area (TPSA) is 106 Å². The Morgan fingerprint density at radius 2 is 1.77 bits per heavy atom. The molecule has 0 aromatic rings. The minimum absolute atomic E-state index is 0.210. The Hall–Kier alpha value is -0.660. The SMILES string of the molecule is NC(=O)C1CCN(S(N)(=O)=O)CC1. The van der Waals surface area contributed by atoms with Crippen molar-refractivity contribution in [2.24, 2.45) is 16.8 Å². The zero-order valence-electron chi connectivity index (χ0n) is 7.14. The molecule has 0 bridgehead atoms. The van der Waals surface area contributed by atoms with E-state index in [9.17, 15) is 13.2 Å². The lowest BCUT2D eigenvalue weighted by atomic mass is 9.98. The average molecular weight is 207 g/mol. The summed E-state index contributed by atoms with van der Waals surface area (Å²) in [5.74, 6) is -0.577. The normalized spacial score (nSPS) is 21.6. The van der Waals surface area contributed by atoms with Crippen molar-refractivity contribution in [3.05, 3.63) is 0 Å². The van der Waals surface area contributed by atoms with E-state index in [0.29, 0.717) is 12.8 Å². The number of carbonyl (C=O) groups is 1. The highest BCUT2D eigenvalue weighted by molar-refractivity contribution is 7.86. The van der Waals surface area contributed by atoms with Crippen molar-refractivity contribution in [3.63, 3.8) is 0 Å². The van der Waals surface area contributed by atoms with Gasteiger partial charge in [-0.05, 0) is 12.8 Å². The van der Waals surface area contributed by atoms with Gasteiger partial charge in [0.2, 0.25) is 5.91 Å². The van der Waals surface area contributed by atoms with Crippen LogP contribution in [0.5, 0.6) is 0 Å². The lowest BCUT2D eigenvalue weighted by Gasteiger charge is -2.27. The first-order valence-electron chi connectivity index (χ1n) is 3.98. The molecule has 7 heteroatoms. The first kappa shape index (κ1) is 10.4. The molecule has 0 saturated carbocycles. The third kappa shape index (κ3) is 2.64. The molecule has 0 aromatic carbocycles. The fourth-order valence-electron chi connectivity index (χ4n) is 1.39. The van der Waals surface area contributed by atoms with Gasteiger partial charge >= 0.3 is 0 Å². The monoisotopic (exact) mass is 207 g/mol. The molecule has 13 heavy (non-hydrogen) atoms. The van der Waals surface area contributed by atoms with Crippen molar-refractivity contribution in [2.45, 2.75) is 12.8 Å². The quantitative estimate of drug-likeness (QED) is 0.568. The zero-order chi connectivity index (χ0) is 10.1. The first-order chi connectivity index (χ1) is 5.91. The van der Waals surface area contributed by atoms with Crippen molar-refractivity contribution in [3.8, 4) is 0 Å². The number of nitrogens with zero attached hydrogens (tertiary/aromatic N) is 1. The number of hydrogen-bond acceptors (Lipinski definition) is 3. The largest absolute Gasteiger partial charge is 0.369 e. The van der Waals surface area contributed by atoms with Gasteiger partial charge in [0.15, 0.2) is 0 Å². The van der Waals surface area contributed by atoms with Gasteiger partial charge in [-0.15, -0.1) is 0 Å². The molecular weight excluding hydrogens is 194 g/mol.